The molecule has 1 aromatic carbocycles. The Labute approximate surface area is 110 Å². The molecule has 0 unspecified atom stereocenters. The van der Waals surface area contributed by atoms with Crippen LogP contribution in [0, 0.1) is 6.92 Å². The van der Waals surface area contributed by atoms with Crippen LogP contribution < -0.4 is 5.73 Å². The van der Waals surface area contributed by atoms with Gasteiger partial charge in [0.15, 0.2) is 11.6 Å². The first-order valence-corrected chi connectivity index (χ1v) is 5.93. The standard InChI is InChI=1S/C14H13N5/c1-9-2-3-11(8-12(9)15)14-17-13(18-19-14)10-4-6-16-7-5-10/h2-8H,15H2,1H3,(H,17,18,19). The topological polar surface area (TPSA) is 80.5 Å². The van der Waals surface area contributed by atoms with E-state index in [9.17, 15) is 0 Å². The normalized spacial score (nSPS) is 10.6. The summed E-state index contributed by atoms with van der Waals surface area (Å²) in [5.74, 6) is 1.36. The van der Waals surface area contributed by atoms with Crippen LogP contribution in [0.1, 0.15) is 5.56 Å². The van der Waals surface area contributed by atoms with Crippen LogP contribution in [0.25, 0.3) is 22.8 Å². The molecule has 0 amide bonds. The highest BCUT2D eigenvalue weighted by atomic mass is 15.2. The number of nitrogen functional groups attached to an aromatic ring is 1. The predicted molar refractivity (Wildman–Crippen MR) is 74.2 cm³/mol. The van der Waals surface area contributed by atoms with Gasteiger partial charge in [-0.05, 0) is 30.7 Å². The van der Waals surface area contributed by atoms with E-state index in [-0.39, 0.29) is 0 Å². The molecule has 0 aliphatic heterocycles. The number of pyridine rings is 1. The van der Waals surface area contributed by atoms with Crippen molar-refractivity contribution in [2.75, 3.05) is 5.73 Å². The summed E-state index contributed by atoms with van der Waals surface area (Å²) >= 11 is 0. The van der Waals surface area contributed by atoms with Crippen molar-refractivity contribution in [3.05, 3.63) is 48.3 Å². The molecule has 0 radical (unpaired) electrons. The zero-order valence-electron chi connectivity index (χ0n) is 10.5. The zero-order chi connectivity index (χ0) is 13.2. The van der Waals surface area contributed by atoms with Crippen LogP contribution >= 0.6 is 0 Å². The second-order valence-electron chi connectivity index (χ2n) is 4.31. The van der Waals surface area contributed by atoms with E-state index in [0.717, 1.165) is 28.2 Å². The summed E-state index contributed by atoms with van der Waals surface area (Å²) in [6.45, 7) is 1.97. The first-order chi connectivity index (χ1) is 9.24. The highest BCUT2D eigenvalue weighted by molar-refractivity contribution is 5.65. The van der Waals surface area contributed by atoms with Gasteiger partial charge in [0.05, 0.1) is 0 Å². The van der Waals surface area contributed by atoms with E-state index >= 15 is 0 Å². The number of aryl methyl sites for hydroxylation is 1. The van der Waals surface area contributed by atoms with E-state index in [2.05, 4.69) is 20.2 Å². The molecule has 0 spiro atoms. The van der Waals surface area contributed by atoms with E-state index in [1.54, 1.807) is 12.4 Å². The fraction of sp³-hybridized carbons (Fsp3) is 0.0714. The van der Waals surface area contributed by atoms with Gasteiger partial charge >= 0.3 is 0 Å². The van der Waals surface area contributed by atoms with E-state index in [1.165, 1.54) is 0 Å². The van der Waals surface area contributed by atoms with Gasteiger partial charge in [-0.25, -0.2) is 4.98 Å². The first kappa shape index (κ1) is 11.4. The highest BCUT2D eigenvalue weighted by Crippen LogP contribution is 2.22. The molecule has 0 fully saturated rings. The molecule has 5 nitrogen and oxygen atoms in total. The Balaban J connectivity index is 1.99. The lowest BCUT2D eigenvalue weighted by Crippen LogP contribution is -1.90. The Kier molecular flexibility index (Phi) is 2.72. The molecule has 0 aliphatic rings. The molecule has 2 aromatic heterocycles. The lowest BCUT2D eigenvalue weighted by atomic mass is 10.1. The summed E-state index contributed by atoms with van der Waals surface area (Å²) in [6.07, 6.45) is 3.45. The van der Waals surface area contributed by atoms with E-state index in [4.69, 9.17) is 5.73 Å². The number of benzene rings is 1. The fourth-order valence-corrected chi connectivity index (χ4v) is 1.81. The highest BCUT2D eigenvalue weighted by Gasteiger charge is 2.08. The molecule has 0 saturated carbocycles. The van der Waals surface area contributed by atoms with Crippen molar-refractivity contribution >= 4 is 5.69 Å². The third-order valence-electron chi connectivity index (χ3n) is 2.98. The maximum Gasteiger partial charge on any atom is 0.181 e. The molecule has 2 heterocycles. The van der Waals surface area contributed by atoms with E-state index < -0.39 is 0 Å². The summed E-state index contributed by atoms with van der Waals surface area (Å²) in [4.78, 5) is 8.45. The smallest absolute Gasteiger partial charge is 0.181 e. The van der Waals surface area contributed by atoms with Crippen LogP contribution in [0.15, 0.2) is 42.7 Å². The van der Waals surface area contributed by atoms with Crippen LogP contribution in [0.3, 0.4) is 0 Å². The minimum absolute atomic E-state index is 0.638. The third-order valence-corrected chi connectivity index (χ3v) is 2.98. The summed E-state index contributed by atoms with van der Waals surface area (Å²) in [5.41, 5.74) is 9.55. The average Bonchev–Trinajstić information content (AvgIpc) is 2.93. The van der Waals surface area contributed by atoms with Crippen molar-refractivity contribution in [3.63, 3.8) is 0 Å². The van der Waals surface area contributed by atoms with Gasteiger partial charge in [0.25, 0.3) is 0 Å². The van der Waals surface area contributed by atoms with Gasteiger partial charge < -0.3 is 5.73 Å². The molecule has 0 bridgehead atoms. The van der Waals surface area contributed by atoms with Gasteiger partial charge in [0, 0.05) is 29.2 Å². The quantitative estimate of drug-likeness (QED) is 0.685. The van der Waals surface area contributed by atoms with Crippen LogP contribution in [0.4, 0.5) is 5.69 Å². The van der Waals surface area contributed by atoms with Crippen molar-refractivity contribution in [1.29, 1.82) is 0 Å². The molecule has 3 aromatic rings. The predicted octanol–water partition coefficient (Wildman–Crippen LogP) is 2.42. The summed E-state index contributed by atoms with van der Waals surface area (Å²) in [7, 11) is 0. The van der Waals surface area contributed by atoms with E-state index in [1.807, 2.05) is 37.3 Å². The SMILES string of the molecule is Cc1ccc(-c2n[nH]c(-c3ccncc3)n2)cc1N. The Morgan fingerprint density at radius 2 is 1.84 bits per heavy atom. The minimum Gasteiger partial charge on any atom is -0.398 e. The molecule has 0 atom stereocenters. The zero-order valence-corrected chi connectivity index (χ0v) is 10.5. The van der Waals surface area contributed by atoms with Crippen molar-refractivity contribution in [3.8, 4) is 22.8 Å². The molecule has 5 heteroatoms. The number of aromatic amines is 1. The number of nitrogens with one attached hydrogen (secondary N) is 1. The van der Waals surface area contributed by atoms with Crippen LogP contribution in [-0.4, -0.2) is 20.2 Å². The maximum absolute atomic E-state index is 5.90. The summed E-state index contributed by atoms with van der Waals surface area (Å²) in [5, 5.41) is 7.15. The van der Waals surface area contributed by atoms with Gasteiger partial charge in [-0.15, -0.1) is 0 Å². The largest absolute Gasteiger partial charge is 0.398 e. The number of hydrogen-bond donors (Lipinski definition) is 2. The second kappa shape index (κ2) is 4.53. The van der Waals surface area contributed by atoms with Gasteiger partial charge in [-0.3, -0.25) is 10.1 Å². The van der Waals surface area contributed by atoms with Gasteiger partial charge in [0.1, 0.15) is 0 Å². The fourth-order valence-electron chi connectivity index (χ4n) is 1.81. The van der Waals surface area contributed by atoms with Crippen molar-refractivity contribution in [2.45, 2.75) is 6.92 Å². The van der Waals surface area contributed by atoms with Crippen LogP contribution in [0.5, 0.6) is 0 Å². The Hall–Kier alpha value is -2.69. The molecule has 94 valence electrons. The lowest BCUT2D eigenvalue weighted by Gasteiger charge is -2.01. The van der Waals surface area contributed by atoms with Gasteiger partial charge in [-0.2, -0.15) is 5.10 Å². The number of H-pyrrole nitrogens is 1. The summed E-state index contributed by atoms with van der Waals surface area (Å²) in [6, 6.07) is 9.58. The Morgan fingerprint density at radius 1 is 1.05 bits per heavy atom. The van der Waals surface area contributed by atoms with Crippen molar-refractivity contribution < 1.29 is 0 Å². The Bertz CT molecular complexity index is 703. The number of aromatic nitrogens is 4. The molecular formula is C14H13N5. The van der Waals surface area contributed by atoms with Crippen LogP contribution in [-0.2, 0) is 0 Å². The maximum atomic E-state index is 5.90. The minimum atomic E-state index is 0.638. The lowest BCUT2D eigenvalue weighted by molar-refractivity contribution is 1.10. The molecule has 3 rings (SSSR count). The number of nitrogens with zero attached hydrogens (tertiary/aromatic N) is 3. The third kappa shape index (κ3) is 2.18. The van der Waals surface area contributed by atoms with Gasteiger partial charge in [0.2, 0.25) is 0 Å². The van der Waals surface area contributed by atoms with Crippen LogP contribution in [0.2, 0.25) is 0 Å². The number of nitrogens with two attached hydrogens (primary N) is 1. The Morgan fingerprint density at radius 3 is 2.58 bits per heavy atom. The van der Waals surface area contributed by atoms with Crippen molar-refractivity contribution in [2.24, 2.45) is 0 Å². The second-order valence-corrected chi connectivity index (χ2v) is 4.31. The van der Waals surface area contributed by atoms with E-state index in [0.29, 0.717) is 5.82 Å². The molecular weight excluding hydrogens is 238 g/mol. The molecule has 3 N–H and O–H groups in total. The first-order valence-electron chi connectivity index (χ1n) is 5.93. The monoisotopic (exact) mass is 251 g/mol. The molecule has 19 heavy (non-hydrogen) atoms. The van der Waals surface area contributed by atoms with Crippen molar-refractivity contribution in [1.82, 2.24) is 20.2 Å². The average molecular weight is 251 g/mol. The summed E-state index contributed by atoms with van der Waals surface area (Å²) < 4.78 is 0. The number of hydrogen-bond acceptors (Lipinski definition) is 4. The molecule has 0 aliphatic carbocycles. The molecule has 0 saturated heterocycles. The van der Waals surface area contributed by atoms with Gasteiger partial charge in [-0.1, -0.05) is 12.1 Å². The number of rotatable bonds is 2. The number of anilines is 1.